The fourth-order valence-electron chi connectivity index (χ4n) is 3.01. The van der Waals surface area contributed by atoms with Crippen molar-refractivity contribution >= 4 is 5.91 Å². The van der Waals surface area contributed by atoms with Gasteiger partial charge in [-0.25, -0.2) is 13.2 Å². The van der Waals surface area contributed by atoms with Crippen LogP contribution in [0.15, 0.2) is 29.3 Å². The third-order valence-electron chi connectivity index (χ3n) is 4.23. The van der Waals surface area contributed by atoms with Gasteiger partial charge in [0.15, 0.2) is 11.6 Å². The van der Waals surface area contributed by atoms with Gasteiger partial charge in [-0.2, -0.15) is 5.10 Å². The number of nitrogens with two attached hydrogens (primary N) is 1. The molecule has 142 valence electrons. The molecular formula is C17H16F3N5O2. The first-order chi connectivity index (χ1) is 12.8. The Kier molecular flexibility index (Phi) is 4.89. The Balaban J connectivity index is 2.06. The highest BCUT2D eigenvalue weighted by molar-refractivity contribution is 5.75. The van der Waals surface area contributed by atoms with E-state index in [9.17, 15) is 22.8 Å². The van der Waals surface area contributed by atoms with Gasteiger partial charge in [0.2, 0.25) is 5.91 Å². The molecule has 0 unspecified atom stereocenters. The van der Waals surface area contributed by atoms with Crippen LogP contribution in [0.2, 0.25) is 0 Å². The predicted molar refractivity (Wildman–Crippen MR) is 89.4 cm³/mol. The van der Waals surface area contributed by atoms with Gasteiger partial charge in [-0.15, -0.1) is 0 Å². The van der Waals surface area contributed by atoms with Crippen LogP contribution in [0.1, 0.15) is 34.7 Å². The number of nitrogens with zero attached hydrogens (tertiary/aromatic N) is 2. The minimum atomic E-state index is -1.30. The molecule has 4 N–H and O–H groups in total. The summed E-state index contributed by atoms with van der Waals surface area (Å²) >= 11 is 0. The average molecular weight is 379 g/mol. The zero-order valence-corrected chi connectivity index (χ0v) is 14.2. The maximum Gasteiger partial charge on any atom is 0.267 e. The molecule has 0 aliphatic heterocycles. The van der Waals surface area contributed by atoms with Crippen molar-refractivity contribution in [1.29, 1.82) is 0 Å². The number of aryl methyl sites for hydroxylation is 1. The monoisotopic (exact) mass is 379 g/mol. The number of rotatable bonds is 6. The summed E-state index contributed by atoms with van der Waals surface area (Å²) in [7, 11) is 1.67. The highest BCUT2D eigenvalue weighted by Crippen LogP contribution is 2.28. The van der Waals surface area contributed by atoms with Crippen molar-refractivity contribution in [3.8, 4) is 0 Å². The van der Waals surface area contributed by atoms with Gasteiger partial charge in [0, 0.05) is 49.3 Å². The molecule has 0 saturated heterocycles. The molecule has 0 fully saturated rings. The second kappa shape index (κ2) is 7.14. The van der Waals surface area contributed by atoms with Gasteiger partial charge in [0.05, 0.1) is 6.20 Å². The van der Waals surface area contributed by atoms with Crippen molar-refractivity contribution in [3.63, 3.8) is 0 Å². The third-order valence-corrected chi connectivity index (χ3v) is 4.23. The number of primary amides is 1. The van der Waals surface area contributed by atoms with E-state index in [0.717, 1.165) is 6.07 Å². The van der Waals surface area contributed by atoms with Crippen LogP contribution in [0.4, 0.5) is 13.2 Å². The number of amides is 1. The number of hydrogen-bond donors (Lipinski definition) is 3. The van der Waals surface area contributed by atoms with E-state index in [-0.39, 0.29) is 29.7 Å². The largest absolute Gasteiger partial charge is 0.370 e. The molecule has 2 aromatic heterocycles. The van der Waals surface area contributed by atoms with Gasteiger partial charge in [-0.05, 0) is 17.2 Å². The van der Waals surface area contributed by atoms with E-state index in [0.29, 0.717) is 11.6 Å². The summed E-state index contributed by atoms with van der Waals surface area (Å²) in [5, 5.41) is 9.02. The Morgan fingerprint density at radius 2 is 1.93 bits per heavy atom. The zero-order chi connectivity index (χ0) is 19.7. The van der Waals surface area contributed by atoms with Crippen LogP contribution >= 0.6 is 0 Å². The lowest BCUT2D eigenvalue weighted by atomic mass is 9.89. The van der Waals surface area contributed by atoms with E-state index in [4.69, 9.17) is 5.73 Å². The smallest absolute Gasteiger partial charge is 0.267 e. The minimum absolute atomic E-state index is 0.144. The van der Waals surface area contributed by atoms with Gasteiger partial charge < -0.3 is 10.8 Å². The summed E-state index contributed by atoms with van der Waals surface area (Å²) in [5.74, 6) is -4.83. The van der Waals surface area contributed by atoms with Crippen LogP contribution in [0.3, 0.4) is 0 Å². The van der Waals surface area contributed by atoms with Crippen LogP contribution < -0.4 is 11.3 Å². The molecule has 0 bridgehead atoms. The maximum atomic E-state index is 14.0. The fourth-order valence-corrected chi connectivity index (χ4v) is 3.01. The first-order valence-corrected chi connectivity index (χ1v) is 7.96. The van der Waals surface area contributed by atoms with E-state index in [1.54, 1.807) is 13.2 Å². The van der Waals surface area contributed by atoms with Crippen LogP contribution in [0.5, 0.6) is 0 Å². The lowest BCUT2D eigenvalue weighted by Crippen LogP contribution is -2.21. The van der Waals surface area contributed by atoms with E-state index in [1.165, 1.54) is 10.9 Å². The molecule has 0 saturated carbocycles. The molecule has 1 atom stereocenters. The minimum Gasteiger partial charge on any atom is -0.370 e. The van der Waals surface area contributed by atoms with Crippen molar-refractivity contribution in [2.24, 2.45) is 12.8 Å². The highest BCUT2D eigenvalue weighted by atomic mass is 19.2. The maximum absolute atomic E-state index is 14.0. The molecule has 27 heavy (non-hydrogen) atoms. The van der Waals surface area contributed by atoms with Crippen LogP contribution in [0, 0.1) is 17.5 Å². The Morgan fingerprint density at radius 3 is 2.56 bits per heavy atom. The van der Waals surface area contributed by atoms with E-state index >= 15 is 0 Å². The molecule has 0 aliphatic rings. The number of aromatic nitrogens is 4. The van der Waals surface area contributed by atoms with Gasteiger partial charge in [-0.3, -0.25) is 19.4 Å². The number of carbonyl (C=O) groups is 1. The van der Waals surface area contributed by atoms with Gasteiger partial charge in [0.25, 0.3) is 5.56 Å². The van der Waals surface area contributed by atoms with E-state index in [2.05, 4.69) is 15.3 Å². The van der Waals surface area contributed by atoms with Crippen LogP contribution in [0.25, 0.3) is 0 Å². The Labute approximate surface area is 151 Å². The van der Waals surface area contributed by atoms with Crippen LogP contribution in [-0.2, 0) is 18.3 Å². The van der Waals surface area contributed by atoms with E-state index in [1.807, 2.05) is 0 Å². The molecule has 3 aromatic rings. The first kappa shape index (κ1) is 18.5. The topological polar surface area (TPSA) is 110 Å². The van der Waals surface area contributed by atoms with Crippen LogP contribution in [-0.4, -0.2) is 25.9 Å². The first-order valence-electron chi connectivity index (χ1n) is 7.96. The zero-order valence-electron chi connectivity index (χ0n) is 14.2. The highest BCUT2D eigenvalue weighted by Gasteiger charge is 2.26. The van der Waals surface area contributed by atoms with Crippen molar-refractivity contribution in [2.75, 3.05) is 0 Å². The third kappa shape index (κ3) is 3.78. The lowest BCUT2D eigenvalue weighted by molar-refractivity contribution is -0.118. The summed E-state index contributed by atoms with van der Waals surface area (Å²) in [5.41, 5.74) is 5.61. The summed E-state index contributed by atoms with van der Waals surface area (Å²) in [6.45, 7) is 0. The number of halogens is 3. The number of nitrogens with one attached hydrogen (secondary N) is 2. The normalized spacial score (nSPS) is 12.3. The van der Waals surface area contributed by atoms with Gasteiger partial charge >= 0.3 is 0 Å². The summed E-state index contributed by atoms with van der Waals surface area (Å²) in [6.07, 6.45) is 2.72. The molecular weight excluding hydrogens is 363 g/mol. The fraction of sp³-hybridized carbons (Fsp3) is 0.235. The Morgan fingerprint density at radius 1 is 1.22 bits per heavy atom. The lowest BCUT2D eigenvalue weighted by Gasteiger charge is -2.14. The number of H-pyrrole nitrogens is 2. The van der Waals surface area contributed by atoms with Crippen molar-refractivity contribution in [3.05, 3.63) is 74.7 Å². The molecule has 2 heterocycles. The molecule has 0 spiro atoms. The SMILES string of the molecule is Cn1cc([C@@H](CC(N)=O)c2c(Cc3cc(F)c(F)cc3F)[nH][nH]c2=O)cn1. The molecule has 3 rings (SSSR count). The molecule has 0 aliphatic carbocycles. The average Bonchev–Trinajstić information content (AvgIpc) is 3.17. The molecule has 10 heteroatoms. The van der Waals surface area contributed by atoms with E-state index < -0.39 is 34.8 Å². The second-order valence-corrected chi connectivity index (χ2v) is 6.18. The summed E-state index contributed by atoms with van der Waals surface area (Å²) in [6, 6.07) is 1.17. The number of benzene rings is 1. The van der Waals surface area contributed by atoms with Crippen molar-refractivity contribution in [2.45, 2.75) is 18.8 Å². The van der Waals surface area contributed by atoms with Crippen molar-refractivity contribution < 1.29 is 18.0 Å². The number of aromatic amines is 2. The quantitative estimate of drug-likeness (QED) is 0.564. The number of carbonyl (C=O) groups excluding carboxylic acids is 1. The molecule has 1 amide bonds. The number of hydrogen-bond acceptors (Lipinski definition) is 3. The molecule has 0 radical (unpaired) electrons. The Hall–Kier alpha value is -3.30. The van der Waals surface area contributed by atoms with Gasteiger partial charge in [0.1, 0.15) is 5.82 Å². The molecule has 1 aromatic carbocycles. The van der Waals surface area contributed by atoms with Gasteiger partial charge in [-0.1, -0.05) is 0 Å². The summed E-state index contributed by atoms with van der Waals surface area (Å²) in [4.78, 5) is 23.9. The summed E-state index contributed by atoms with van der Waals surface area (Å²) < 4.78 is 42.1. The Bertz CT molecular complexity index is 1050. The van der Waals surface area contributed by atoms with Crippen molar-refractivity contribution in [1.82, 2.24) is 20.0 Å². The standard InChI is InChI=1S/C17H16F3N5O2/c1-25-7-9(6-22-25)10(4-15(21)26)16-14(23-24-17(16)27)3-8-2-12(19)13(20)5-11(8)18/h2,5-7,10H,3-4H2,1H3,(H2,21,26)(H2,23,24,27)/t10-/m1/s1. The second-order valence-electron chi connectivity index (χ2n) is 6.18. The molecule has 7 nitrogen and oxygen atoms in total. The predicted octanol–water partition coefficient (Wildman–Crippen LogP) is 1.45.